The Bertz CT molecular complexity index is 425. The molecule has 16 heavy (non-hydrogen) atoms. The van der Waals surface area contributed by atoms with Gasteiger partial charge in [0.15, 0.2) is 11.9 Å². The molecule has 1 aromatic carbocycles. The normalized spacial score (nSPS) is 22.0. The van der Waals surface area contributed by atoms with Gasteiger partial charge in [0.1, 0.15) is 0 Å². The average Bonchev–Trinajstić information content (AvgIpc) is 2.54. The highest BCUT2D eigenvalue weighted by Crippen LogP contribution is 2.35. The second-order valence-electron chi connectivity index (χ2n) is 3.82. The Balaban J connectivity index is 2.29. The van der Waals surface area contributed by atoms with Crippen LogP contribution in [0.1, 0.15) is 15.9 Å². The van der Waals surface area contributed by atoms with E-state index in [-0.39, 0.29) is 12.0 Å². The molecule has 0 aromatic heterocycles. The lowest BCUT2D eigenvalue weighted by atomic mass is 9.98. The van der Waals surface area contributed by atoms with Crippen LogP contribution in [0, 0.1) is 5.92 Å². The van der Waals surface area contributed by atoms with Gasteiger partial charge in [-0.3, -0.25) is 4.79 Å². The average molecular weight is 230 g/mol. The maximum absolute atomic E-state index is 12.3. The number of carbonyl (C=O) groups is 1. The fourth-order valence-electron chi connectivity index (χ4n) is 1.95. The van der Waals surface area contributed by atoms with Crippen molar-refractivity contribution < 1.29 is 23.1 Å². The predicted molar refractivity (Wildman–Crippen MR) is 50.0 cm³/mol. The van der Waals surface area contributed by atoms with Gasteiger partial charge in [0.2, 0.25) is 0 Å². The van der Waals surface area contributed by atoms with Gasteiger partial charge in [-0.25, -0.2) is 0 Å². The first kappa shape index (κ1) is 11.1. The molecule has 1 aliphatic carbocycles. The number of fused-ring (bicyclic) bond motifs is 1. The highest BCUT2D eigenvalue weighted by Gasteiger charge is 2.48. The molecule has 0 heterocycles. The predicted octanol–water partition coefficient (Wildman–Crippen LogP) is 1.96. The summed E-state index contributed by atoms with van der Waals surface area (Å²) in [6.45, 7) is 0. The smallest absolute Gasteiger partial charge is 0.383 e. The summed E-state index contributed by atoms with van der Waals surface area (Å²) >= 11 is 0. The van der Waals surface area contributed by atoms with Gasteiger partial charge in [-0.2, -0.15) is 13.2 Å². The number of hydrogen-bond acceptors (Lipinski definition) is 2. The van der Waals surface area contributed by atoms with E-state index in [0.29, 0.717) is 5.56 Å². The van der Waals surface area contributed by atoms with Crippen molar-refractivity contribution in [3.63, 3.8) is 0 Å². The minimum absolute atomic E-state index is 0.0459. The van der Waals surface area contributed by atoms with Crippen LogP contribution in [0.2, 0.25) is 0 Å². The molecule has 0 saturated carbocycles. The summed E-state index contributed by atoms with van der Waals surface area (Å²) in [5, 5.41) is 9.08. The number of benzene rings is 1. The SMILES string of the molecule is O=C1c2ccccc2C[C@H]1[C@H](O)C(F)(F)F. The van der Waals surface area contributed by atoms with E-state index in [0.717, 1.165) is 0 Å². The molecule has 0 spiro atoms. The quantitative estimate of drug-likeness (QED) is 0.800. The van der Waals surface area contributed by atoms with Crippen molar-refractivity contribution in [3.8, 4) is 0 Å². The minimum Gasteiger partial charge on any atom is -0.383 e. The van der Waals surface area contributed by atoms with Crippen LogP contribution < -0.4 is 0 Å². The first-order valence-corrected chi connectivity index (χ1v) is 4.78. The molecule has 1 N–H and O–H groups in total. The van der Waals surface area contributed by atoms with E-state index in [4.69, 9.17) is 5.11 Å². The second-order valence-corrected chi connectivity index (χ2v) is 3.82. The number of halogens is 3. The molecule has 86 valence electrons. The fraction of sp³-hybridized carbons (Fsp3) is 0.364. The Labute approximate surface area is 89.7 Å². The number of Topliss-reactive ketones (excluding diaryl/α,β-unsaturated/α-hetero) is 1. The third-order valence-corrected chi connectivity index (χ3v) is 2.78. The Morgan fingerprint density at radius 3 is 2.50 bits per heavy atom. The third-order valence-electron chi connectivity index (χ3n) is 2.78. The first-order valence-electron chi connectivity index (χ1n) is 4.78. The van der Waals surface area contributed by atoms with E-state index in [9.17, 15) is 18.0 Å². The summed E-state index contributed by atoms with van der Waals surface area (Å²) in [5.74, 6) is -2.02. The van der Waals surface area contributed by atoms with Crippen LogP contribution >= 0.6 is 0 Å². The maximum atomic E-state index is 12.3. The lowest BCUT2D eigenvalue weighted by Gasteiger charge is -2.19. The molecule has 0 unspecified atom stereocenters. The number of rotatable bonds is 1. The first-order chi connectivity index (χ1) is 7.41. The van der Waals surface area contributed by atoms with Gasteiger partial charge in [-0.15, -0.1) is 0 Å². The van der Waals surface area contributed by atoms with Gasteiger partial charge < -0.3 is 5.11 Å². The van der Waals surface area contributed by atoms with Gasteiger partial charge in [-0.05, 0) is 12.0 Å². The summed E-state index contributed by atoms with van der Waals surface area (Å²) in [7, 11) is 0. The molecule has 0 amide bonds. The van der Waals surface area contributed by atoms with Crippen molar-refractivity contribution in [3.05, 3.63) is 35.4 Å². The van der Waals surface area contributed by atoms with E-state index in [2.05, 4.69) is 0 Å². The molecule has 1 aromatic rings. The third kappa shape index (κ3) is 1.71. The van der Waals surface area contributed by atoms with Gasteiger partial charge in [0.05, 0.1) is 5.92 Å². The summed E-state index contributed by atoms with van der Waals surface area (Å²) in [6.07, 6.45) is -7.37. The Hall–Kier alpha value is -1.36. The van der Waals surface area contributed by atoms with Crippen LogP contribution in [-0.2, 0) is 6.42 Å². The molecule has 1 aliphatic rings. The van der Waals surface area contributed by atoms with Crippen molar-refractivity contribution >= 4 is 5.78 Å². The highest BCUT2D eigenvalue weighted by molar-refractivity contribution is 6.02. The van der Waals surface area contributed by atoms with Crippen molar-refractivity contribution in [2.24, 2.45) is 5.92 Å². The van der Waals surface area contributed by atoms with E-state index >= 15 is 0 Å². The van der Waals surface area contributed by atoms with Crippen LogP contribution in [-0.4, -0.2) is 23.2 Å². The number of aliphatic hydroxyl groups is 1. The molecule has 0 bridgehead atoms. The van der Waals surface area contributed by atoms with E-state index in [1.807, 2.05) is 0 Å². The van der Waals surface area contributed by atoms with Crippen molar-refractivity contribution in [1.82, 2.24) is 0 Å². The molecular formula is C11H9F3O2. The second kappa shape index (κ2) is 3.59. The number of ketones is 1. The van der Waals surface area contributed by atoms with Gasteiger partial charge in [-0.1, -0.05) is 24.3 Å². The van der Waals surface area contributed by atoms with E-state index in [1.54, 1.807) is 18.2 Å². The van der Waals surface area contributed by atoms with Gasteiger partial charge in [0, 0.05) is 5.56 Å². The van der Waals surface area contributed by atoms with Crippen LogP contribution in [0.25, 0.3) is 0 Å². The Morgan fingerprint density at radius 1 is 1.31 bits per heavy atom. The molecule has 5 heteroatoms. The maximum Gasteiger partial charge on any atom is 0.415 e. The number of aliphatic hydroxyl groups excluding tert-OH is 1. The molecule has 0 aliphatic heterocycles. The van der Waals surface area contributed by atoms with Gasteiger partial charge in [0.25, 0.3) is 0 Å². The standard InChI is InChI=1S/C11H9F3O2/c12-11(13,14)10(16)8-5-6-3-1-2-4-7(6)9(8)15/h1-4,8,10,16H,5H2/t8-,10+/m1/s1. The topological polar surface area (TPSA) is 37.3 Å². The lowest BCUT2D eigenvalue weighted by molar-refractivity contribution is -0.213. The molecule has 2 rings (SSSR count). The largest absolute Gasteiger partial charge is 0.415 e. The molecule has 2 nitrogen and oxygen atoms in total. The zero-order chi connectivity index (χ0) is 11.9. The summed E-state index contributed by atoms with van der Waals surface area (Å²) in [4.78, 5) is 11.6. The van der Waals surface area contributed by atoms with E-state index in [1.165, 1.54) is 6.07 Å². The monoisotopic (exact) mass is 230 g/mol. The lowest BCUT2D eigenvalue weighted by Crippen LogP contribution is -2.38. The van der Waals surface area contributed by atoms with Crippen molar-refractivity contribution in [1.29, 1.82) is 0 Å². The van der Waals surface area contributed by atoms with Crippen molar-refractivity contribution in [2.75, 3.05) is 0 Å². The molecule has 0 radical (unpaired) electrons. The highest BCUT2D eigenvalue weighted by atomic mass is 19.4. The minimum atomic E-state index is -4.75. The van der Waals surface area contributed by atoms with Crippen LogP contribution in [0.15, 0.2) is 24.3 Å². The summed E-state index contributed by atoms with van der Waals surface area (Å²) in [5.41, 5.74) is 0.858. The fourth-order valence-corrected chi connectivity index (χ4v) is 1.95. The zero-order valence-electron chi connectivity index (χ0n) is 8.16. The summed E-state index contributed by atoms with van der Waals surface area (Å²) in [6, 6.07) is 6.35. The summed E-state index contributed by atoms with van der Waals surface area (Å²) < 4.78 is 36.9. The Kier molecular flexibility index (Phi) is 2.50. The van der Waals surface area contributed by atoms with Crippen LogP contribution in [0.3, 0.4) is 0 Å². The Morgan fingerprint density at radius 2 is 1.94 bits per heavy atom. The number of alkyl halides is 3. The zero-order valence-corrected chi connectivity index (χ0v) is 8.16. The van der Waals surface area contributed by atoms with Crippen LogP contribution in [0.4, 0.5) is 13.2 Å². The van der Waals surface area contributed by atoms with Crippen LogP contribution in [0.5, 0.6) is 0 Å². The van der Waals surface area contributed by atoms with Gasteiger partial charge >= 0.3 is 6.18 Å². The molecule has 0 fully saturated rings. The van der Waals surface area contributed by atoms with Crippen molar-refractivity contribution in [2.45, 2.75) is 18.7 Å². The number of hydrogen-bond donors (Lipinski definition) is 1. The van der Waals surface area contributed by atoms with E-state index < -0.39 is 24.0 Å². The molecule has 0 saturated heterocycles. The molecule has 2 atom stereocenters. The molecular weight excluding hydrogens is 221 g/mol. The number of carbonyl (C=O) groups excluding carboxylic acids is 1.